The predicted octanol–water partition coefficient (Wildman–Crippen LogP) is 3.17. The molecule has 94 valence electrons. The summed E-state index contributed by atoms with van der Waals surface area (Å²) in [7, 11) is 0. The molecule has 0 saturated heterocycles. The Morgan fingerprint density at radius 1 is 1.42 bits per heavy atom. The monoisotopic (exact) mass is 271 g/mol. The van der Waals surface area contributed by atoms with E-state index in [1.54, 1.807) is 37.4 Å². The second kappa shape index (κ2) is 5.51. The van der Waals surface area contributed by atoms with Crippen LogP contribution in [-0.4, -0.2) is 10.9 Å². The zero-order chi connectivity index (χ0) is 13.8. The summed E-state index contributed by atoms with van der Waals surface area (Å²) in [4.78, 5) is 16.1. The first kappa shape index (κ1) is 13.1. The Morgan fingerprint density at radius 2 is 2.21 bits per heavy atom. The van der Waals surface area contributed by atoms with Crippen molar-refractivity contribution >= 4 is 23.2 Å². The lowest BCUT2D eigenvalue weighted by Gasteiger charge is -2.08. The molecule has 1 heterocycles. The van der Waals surface area contributed by atoms with Crippen LogP contribution in [0.2, 0.25) is 5.02 Å². The molecule has 0 fully saturated rings. The fourth-order valence-electron chi connectivity index (χ4n) is 1.60. The minimum absolute atomic E-state index is 0.303. The van der Waals surface area contributed by atoms with Gasteiger partial charge in [-0.05, 0) is 37.3 Å². The average molecular weight is 272 g/mol. The lowest BCUT2D eigenvalue weighted by Crippen LogP contribution is -2.14. The number of hydrogen-bond donors (Lipinski definition) is 1. The van der Waals surface area contributed by atoms with Gasteiger partial charge in [0, 0.05) is 11.9 Å². The van der Waals surface area contributed by atoms with Gasteiger partial charge in [-0.1, -0.05) is 11.6 Å². The Morgan fingerprint density at radius 3 is 2.89 bits per heavy atom. The van der Waals surface area contributed by atoms with Gasteiger partial charge >= 0.3 is 0 Å². The molecule has 4 nitrogen and oxygen atoms in total. The molecule has 2 rings (SSSR count). The van der Waals surface area contributed by atoms with Crippen molar-refractivity contribution in [2.45, 2.75) is 6.92 Å². The van der Waals surface area contributed by atoms with Gasteiger partial charge in [-0.15, -0.1) is 0 Å². The van der Waals surface area contributed by atoms with Crippen molar-refractivity contribution in [1.82, 2.24) is 4.98 Å². The minimum atomic E-state index is -0.303. The number of hydrogen-bond acceptors (Lipinski definition) is 3. The van der Waals surface area contributed by atoms with E-state index >= 15 is 0 Å². The number of nitriles is 1. The van der Waals surface area contributed by atoms with Crippen LogP contribution in [0.4, 0.5) is 5.69 Å². The van der Waals surface area contributed by atoms with Gasteiger partial charge in [-0.3, -0.25) is 9.78 Å². The van der Waals surface area contributed by atoms with Crippen molar-refractivity contribution in [1.29, 1.82) is 5.26 Å². The molecule has 0 aliphatic heterocycles. The molecule has 0 aliphatic rings. The Bertz CT molecular complexity index is 677. The van der Waals surface area contributed by atoms with E-state index in [2.05, 4.69) is 10.3 Å². The molecule has 1 amide bonds. The number of aryl methyl sites for hydroxylation is 1. The van der Waals surface area contributed by atoms with E-state index in [4.69, 9.17) is 16.9 Å². The second-order valence-corrected chi connectivity index (χ2v) is 4.30. The molecule has 0 bridgehead atoms. The predicted molar refractivity (Wildman–Crippen MR) is 73.1 cm³/mol. The van der Waals surface area contributed by atoms with E-state index in [1.807, 2.05) is 6.07 Å². The van der Waals surface area contributed by atoms with Gasteiger partial charge in [-0.25, -0.2) is 0 Å². The van der Waals surface area contributed by atoms with Crippen molar-refractivity contribution in [3.63, 3.8) is 0 Å². The number of anilines is 1. The Kier molecular flexibility index (Phi) is 3.79. The van der Waals surface area contributed by atoms with Gasteiger partial charge in [0.25, 0.3) is 5.91 Å². The number of amides is 1. The van der Waals surface area contributed by atoms with Crippen LogP contribution in [0.3, 0.4) is 0 Å². The third-order valence-corrected chi connectivity index (χ3v) is 2.92. The number of rotatable bonds is 2. The largest absolute Gasteiger partial charge is 0.321 e. The quantitative estimate of drug-likeness (QED) is 0.912. The normalized spacial score (nSPS) is 9.74. The first-order valence-corrected chi connectivity index (χ1v) is 5.92. The molecule has 1 aromatic heterocycles. The number of halogens is 1. The molecule has 0 spiro atoms. The summed E-state index contributed by atoms with van der Waals surface area (Å²) >= 11 is 5.98. The summed E-state index contributed by atoms with van der Waals surface area (Å²) in [5, 5.41) is 11.9. The molecule has 2 aromatic rings. The zero-order valence-electron chi connectivity index (χ0n) is 10.1. The molecular weight excluding hydrogens is 262 g/mol. The second-order valence-electron chi connectivity index (χ2n) is 3.90. The highest BCUT2D eigenvalue weighted by Crippen LogP contribution is 2.23. The lowest BCUT2D eigenvalue weighted by atomic mass is 10.1. The van der Waals surface area contributed by atoms with Crippen LogP contribution in [0.5, 0.6) is 0 Å². The number of nitrogens with one attached hydrogen (secondary N) is 1. The van der Waals surface area contributed by atoms with Crippen LogP contribution in [0, 0.1) is 18.3 Å². The minimum Gasteiger partial charge on any atom is -0.321 e. The number of aromatic nitrogens is 1. The van der Waals surface area contributed by atoms with Gasteiger partial charge in [0.2, 0.25) is 0 Å². The van der Waals surface area contributed by atoms with E-state index in [9.17, 15) is 4.79 Å². The molecule has 0 unspecified atom stereocenters. The molecule has 0 aliphatic carbocycles. The third kappa shape index (κ3) is 2.90. The molecule has 1 aromatic carbocycles. The third-order valence-electron chi connectivity index (χ3n) is 2.60. The smallest absolute Gasteiger partial charge is 0.257 e. The van der Waals surface area contributed by atoms with E-state index < -0.39 is 0 Å². The summed E-state index contributed by atoms with van der Waals surface area (Å²) in [6, 6.07) is 10.1. The zero-order valence-corrected chi connectivity index (χ0v) is 10.9. The van der Waals surface area contributed by atoms with Crippen molar-refractivity contribution in [2.24, 2.45) is 0 Å². The van der Waals surface area contributed by atoms with Crippen LogP contribution >= 0.6 is 11.6 Å². The highest BCUT2D eigenvalue weighted by atomic mass is 35.5. The van der Waals surface area contributed by atoms with Crippen LogP contribution in [0.1, 0.15) is 21.6 Å². The van der Waals surface area contributed by atoms with Crippen molar-refractivity contribution in [3.05, 3.63) is 58.4 Å². The van der Waals surface area contributed by atoms with Gasteiger partial charge < -0.3 is 5.32 Å². The molecule has 19 heavy (non-hydrogen) atoms. The lowest BCUT2D eigenvalue weighted by molar-refractivity contribution is 0.102. The van der Waals surface area contributed by atoms with Crippen LogP contribution in [0.25, 0.3) is 0 Å². The molecule has 0 saturated carbocycles. The SMILES string of the molecule is Cc1ncccc1C(=O)Nc1cc(C#N)ccc1Cl. The fraction of sp³-hybridized carbons (Fsp3) is 0.0714. The molecule has 1 N–H and O–H groups in total. The summed E-state index contributed by atoms with van der Waals surface area (Å²) in [6.45, 7) is 1.75. The highest BCUT2D eigenvalue weighted by Gasteiger charge is 2.11. The summed E-state index contributed by atoms with van der Waals surface area (Å²) in [6.07, 6.45) is 1.62. The molecule has 0 atom stereocenters. The summed E-state index contributed by atoms with van der Waals surface area (Å²) < 4.78 is 0. The van der Waals surface area contributed by atoms with E-state index in [0.717, 1.165) is 0 Å². The highest BCUT2D eigenvalue weighted by molar-refractivity contribution is 6.34. The van der Waals surface area contributed by atoms with Crippen LogP contribution in [0.15, 0.2) is 36.5 Å². The molecule has 0 radical (unpaired) electrons. The van der Waals surface area contributed by atoms with Crippen molar-refractivity contribution in [3.8, 4) is 6.07 Å². The van der Waals surface area contributed by atoms with Gasteiger partial charge in [-0.2, -0.15) is 5.26 Å². The van der Waals surface area contributed by atoms with Crippen LogP contribution < -0.4 is 5.32 Å². The summed E-state index contributed by atoms with van der Waals surface area (Å²) in [5.41, 5.74) is 1.95. The van der Waals surface area contributed by atoms with Crippen LogP contribution in [-0.2, 0) is 0 Å². The van der Waals surface area contributed by atoms with E-state index in [0.29, 0.717) is 27.5 Å². The first-order chi connectivity index (χ1) is 9.11. The molecule has 5 heteroatoms. The topological polar surface area (TPSA) is 65.8 Å². The van der Waals surface area contributed by atoms with Gasteiger partial charge in [0.05, 0.1) is 27.9 Å². The first-order valence-electron chi connectivity index (χ1n) is 5.54. The molecular formula is C14H10ClN3O. The fourth-order valence-corrected chi connectivity index (χ4v) is 1.77. The number of carbonyl (C=O) groups excluding carboxylic acids is 1. The standard InChI is InChI=1S/C14H10ClN3O/c1-9-11(3-2-6-17-9)14(19)18-13-7-10(8-16)4-5-12(13)15/h2-7H,1H3,(H,18,19). The van der Waals surface area contributed by atoms with Gasteiger partial charge in [0.1, 0.15) is 0 Å². The Labute approximate surface area is 115 Å². The maximum Gasteiger partial charge on any atom is 0.257 e. The van der Waals surface area contributed by atoms with E-state index in [1.165, 1.54) is 6.07 Å². The number of nitrogens with zero attached hydrogens (tertiary/aromatic N) is 2. The van der Waals surface area contributed by atoms with Crippen molar-refractivity contribution < 1.29 is 4.79 Å². The summed E-state index contributed by atoms with van der Waals surface area (Å²) in [5.74, 6) is -0.303. The Hall–Kier alpha value is -2.38. The number of pyridine rings is 1. The maximum absolute atomic E-state index is 12.1. The van der Waals surface area contributed by atoms with Crippen molar-refractivity contribution in [2.75, 3.05) is 5.32 Å². The Balaban J connectivity index is 2.30. The maximum atomic E-state index is 12.1. The van der Waals surface area contributed by atoms with E-state index in [-0.39, 0.29) is 5.91 Å². The number of carbonyl (C=O) groups is 1. The van der Waals surface area contributed by atoms with Gasteiger partial charge in [0.15, 0.2) is 0 Å². The number of benzene rings is 1. The average Bonchev–Trinajstić information content (AvgIpc) is 2.41.